The van der Waals surface area contributed by atoms with Crippen LogP contribution < -0.4 is 15.0 Å². The summed E-state index contributed by atoms with van der Waals surface area (Å²) in [4.78, 5) is 43.4. The number of hydrogen-bond donors (Lipinski definition) is 2. The summed E-state index contributed by atoms with van der Waals surface area (Å²) in [5, 5.41) is 13.5. The summed E-state index contributed by atoms with van der Waals surface area (Å²) in [6.07, 6.45) is 7.22. The number of rotatable bonds is 5. The lowest BCUT2D eigenvalue weighted by atomic mass is 9.63. The number of nitrogens with zero attached hydrogens (tertiary/aromatic N) is 3. The van der Waals surface area contributed by atoms with E-state index in [1.807, 2.05) is 20.8 Å². The molecule has 1 aliphatic carbocycles. The maximum atomic E-state index is 12.4. The Labute approximate surface area is 212 Å². The minimum Gasteiger partial charge on any atom is -0.477 e. The minimum atomic E-state index is -0.779. The van der Waals surface area contributed by atoms with Crippen LogP contribution in [-0.2, 0) is 9.53 Å². The summed E-state index contributed by atoms with van der Waals surface area (Å²) in [6, 6.07) is 2.92. The second-order valence-corrected chi connectivity index (χ2v) is 11.4. The third kappa shape index (κ3) is 6.46. The second kappa shape index (κ2) is 10.2. The number of amides is 4. The van der Waals surface area contributed by atoms with E-state index in [1.165, 1.54) is 4.90 Å². The molecular formula is C26H38N4O6. The van der Waals surface area contributed by atoms with Gasteiger partial charge in [0.05, 0.1) is 17.9 Å². The number of imide groups is 1. The van der Waals surface area contributed by atoms with Crippen LogP contribution in [-0.4, -0.2) is 70.5 Å². The van der Waals surface area contributed by atoms with Crippen molar-refractivity contribution < 1.29 is 29.0 Å². The Hall–Kier alpha value is -2.88. The number of carbonyl (C=O) groups is 3. The van der Waals surface area contributed by atoms with E-state index in [1.54, 1.807) is 23.2 Å². The maximum Gasteiger partial charge on any atom is 0.410 e. The summed E-state index contributed by atoms with van der Waals surface area (Å²) in [7, 11) is 0. The fourth-order valence-corrected chi connectivity index (χ4v) is 5.29. The molecule has 1 spiro atoms. The fourth-order valence-electron chi connectivity index (χ4n) is 5.29. The van der Waals surface area contributed by atoms with Crippen LogP contribution in [0, 0.1) is 5.41 Å². The molecule has 2 aliphatic heterocycles. The van der Waals surface area contributed by atoms with E-state index in [0.717, 1.165) is 25.7 Å². The molecule has 0 unspecified atom stereocenters. The Bertz CT molecular complexity index is 973. The molecule has 4 amide bonds. The van der Waals surface area contributed by atoms with Crippen molar-refractivity contribution in [3.63, 3.8) is 0 Å². The van der Waals surface area contributed by atoms with Gasteiger partial charge in [-0.2, -0.15) is 0 Å². The van der Waals surface area contributed by atoms with E-state index in [2.05, 4.69) is 10.3 Å². The molecule has 36 heavy (non-hydrogen) atoms. The summed E-state index contributed by atoms with van der Waals surface area (Å²) >= 11 is 0. The van der Waals surface area contributed by atoms with Crippen LogP contribution in [0.15, 0.2) is 18.3 Å². The molecule has 2 N–H and O–H groups in total. The van der Waals surface area contributed by atoms with E-state index in [4.69, 9.17) is 9.47 Å². The zero-order valence-electron chi connectivity index (χ0n) is 21.5. The highest BCUT2D eigenvalue weighted by Crippen LogP contribution is 2.48. The van der Waals surface area contributed by atoms with Gasteiger partial charge in [0.15, 0.2) is 0 Å². The van der Waals surface area contributed by atoms with Crippen molar-refractivity contribution in [1.82, 2.24) is 15.2 Å². The number of nitrogens with one attached hydrogen (secondary N) is 1. The molecule has 1 aromatic heterocycles. The molecule has 0 radical (unpaired) electrons. The first-order valence-corrected chi connectivity index (χ1v) is 12.9. The number of pyridine rings is 1. The van der Waals surface area contributed by atoms with Crippen molar-refractivity contribution in [3.8, 4) is 5.88 Å². The van der Waals surface area contributed by atoms with E-state index in [9.17, 15) is 19.5 Å². The summed E-state index contributed by atoms with van der Waals surface area (Å²) in [6.45, 7) is 7.66. The summed E-state index contributed by atoms with van der Waals surface area (Å²) in [5.74, 6) is 0.0977. The lowest BCUT2D eigenvalue weighted by Crippen LogP contribution is -2.49. The molecule has 3 fully saturated rings. The van der Waals surface area contributed by atoms with Gasteiger partial charge >= 0.3 is 12.1 Å². The molecule has 1 aromatic rings. The highest BCUT2D eigenvalue weighted by molar-refractivity contribution is 6.05. The van der Waals surface area contributed by atoms with E-state index >= 15 is 0 Å². The lowest BCUT2D eigenvalue weighted by molar-refractivity contribution is -0.120. The third-order valence-corrected chi connectivity index (χ3v) is 7.62. The number of likely N-dealkylation sites (tertiary alicyclic amines) is 1. The third-order valence-electron chi connectivity index (χ3n) is 7.62. The monoisotopic (exact) mass is 502 g/mol. The quantitative estimate of drug-likeness (QED) is 0.631. The topological polar surface area (TPSA) is 121 Å². The number of anilines is 1. The van der Waals surface area contributed by atoms with Crippen molar-refractivity contribution in [2.24, 2.45) is 5.41 Å². The van der Waals surface area contributed by atoms with Gasteiger partial charge < -0.3 is 19.5 Å². The van der Waals surface area contributed by atoms with E-state index in [-0.39, 0.29) is 23.8 Å². The average molecular weight is 503 g/mol. The van der Waals surface area contributed by atoms with Crippen molar-refractivity contribution in [3.05, 3.63) is 18.3 Å². The first-order valence-electron chi connectivity index (χ1n) is 12.9. The van der Waals surface area contributed by atoms with Crippen LogP contribution in [0.4, 0.5) is 15.3 Å². The van der Waals surface area contributed by atoms with Gasteiger partial charge in [-0.3, -0.25) is 15.0 Å². The molecule has 3 aliphatic rings. The number of hydrogen-bond acceptors (Lipinski definition) is 7. The number of ether oxygens (including phenoxy) is 2. The predicted molar refractivity (Wildman–Crippen MR) is 133 cm³/mol. The second-order valence-electron chi connectivity index (χ2n) is 11.4. The van der Waals surface area contributed by atoms with Gasteiger partial charge in [0.2, 0.25) is 11.8 Å². The van der Waals surface area contributed by atoms with Crippen LogP contribution in [0.3, 0.4) is 0 Å². The Morgan fingerprint density at radius 3 is 2.44 bits per heavy atom. The number of piperidine rings is 1. The largest absolute Gasteiger partial charge is 0.477 e. The van der Waals surface area contributed by atoms with Gasteiger partial charge in [-0.25, -0.2) is 14.6 Å². The zero-order chi connectivity index (χ0) is 26.0. The normalized spacial score (nSPS) is 21.8. The van der Waals surface area contributed by atoms with Crippen molar-refractivity contribution in [2.45, 2.75) is 83.3 Å². The predicted octanol–water partition coefficient (Wildman–Crippen LogP) is 3.62. The Morgan fingerprint density at radius 2 is 1.81 bits per heavy atom. The summed E-state index contributed by atoms with van der Waals surface area (Å²) in [5.41, 5.74) is -0.480. The Kier molecular flexibility index (Phi) is 7.45. The molecule has 10 nitrogen and oxygen atoms in total. The Morgan fingerprint density at radius 1 is 1.11 bits per heavy atom. The molecule has 0 aromatic carbocycles. The highest BCUT2D eigenvalue weighted by Gasteiger charge is 2.44. The molecular weight excluding hydrogens is 464 g/mol. The molecule has 10 heteroatoms. The van der Waals surface area contributed by atoms with Crippen LogP contribution in [0.1, 0.15) is 72.1 Å². The first kappa shape index (κ1) is 26.2. The van der Waals surface area contributed by atoms with Crippen LogP contribution in [0.25, 0.3) is 0 Å². The standard InChI is InChI=1S/C26H38N4O6/c1-24(2,3)36-23(33)29-15-10-25(11-16-29)6-8-26(34,9-7-25)12-17-35-21-18-19(4-13-27-21)30-14-5-20(31)28-22(30)32/h4,13,18,34H,5-12,14-17H2,1-3H3,(H,28,31,32). The molecule has 0 bridgehead atoms. The number of aromatic nitrogens is 1. The maximum absolute atomic E-state index is 12.4. The van der Waals surface area contributed by atoms with Crippen molar-refractivity contribution in [1.29, 1.82) is 0 Å². The first-order chi connectivity index (χ1) is 17.0. The SMILES string of the molecule is CC(C)(C)OC(=O)N1CCC2(CC1)CCC(O)(CCOc1cc(N3CCC(=O)NC3=O)ccn1)CC2. The fraction of sp³-hybridized carbons (Fsp3) is 0.692. The van der Waals surface area contributed by atoms with Gasteiger partial charge in [0, 0.05) is 44.7 Å². The molecule has 2 saturated heterocycles. The molecule has 0 atom stereocenters. The van der Waals surface area contributed by atoms with Crippen LogP contribution >= 0.6 is 0 Å². The lowest BCUT2D eigenvalue weighted by Gasteiger charge is -2.48. The molecule has 4 rings (SSSR count). The van der Waals surface area contributed by atoms with Crippen molar-refractivity contribution >= 4 is 23.7 Å². The van der Waals surface area contributed by atoms with Crippen LogP contribution in [0.2, 0.25) is 0 Å². The molecule has 1 saturated carbocycles. The average Bonchev–Trinajstić information content (AvgIpc) is 2.81. The van der Waals surface area contributed by atoms with Gasteiger partial charge in [0.1, 0.15) is 5.60 Å². The van der Waals surface area contributed by atoms with Gasteiger partial charge in [-0.15, -0.1) is 0 Å². The number of aliphatic hydroxyl groups is 1. The smallest absolute Gasteiger partial charge is 0.410 e. The molecule has 198 valence electrons. The molecule has 3 heterocycles. The minimum absolute atomic E-state index is 0.178. The number of urea groups is 1. The van der Waals surface area contributed by atoms with Gasteiger partial charge in [0.25, 0.3) is 0 Å². The summed E-state index contributed by atoms with van der Waals surface area (Å²) < 4.78 is 11.3. The van der Waals surface area contributed by atoms with Crippen LogP contribution in [0.5, 0.6) is 5.88 Å². The van der Waals surface area contributed by atoms with Gasteiger partial charge in [-0.1, -0.05) is 0 Å². The van der Waals surface area contributed by atoms with Gasteiger partial charge in [-0.05, 0) is 70.8 Å². The van der Waals surface area contributed by atoms with E-state index in [0.29, 0.717) is 57.1 Å². The van der Waals surface area contributed by atoms with E-state index < -0.39 is 17.2 Å². The number of carbonyl (C=O) groups excluding carboxylic acids is 3. The van der Waals surface area contributed by atoms with Crippen molar-refractivity contribution in [2.75, 3.05) is 31.1 Å². The Balaban J connectivity index is 1.23. The highest BCUT2D eigenvalue weighted by atomic mass is 16.6. The zero-order valence-corrected chi connectivity index (χ0v) is 21.5.